The normalized spacial score (nSPS) is 17.6. The van der Waals surface area contributed by atoms with E-state index in [9.17, 15) is 8.42 Å². The minimum Gasteiger partial charge on any atom is -0.439 e. The molecule has 1 aromatic heterocycles. The van der Waals surface area contributed by atoms with Crippen LogP contribution in [-0.2, 0) is 10.0 Å². The van der Waals surface area contributed by atoms with Gasteiger partial charge in [0.05, 0.1) is 4.90 Å². The lowest BCUT2D eigenvalue weighted by Gasteiger charge is -2.21. The van der Waals surface area contributed by atoms with Crippen molar-refractivity contribution < 1.29 is 12.8 Å². The topological polar surface area (TPSA) is 63.4 Å². The number of aromatic nitrogens is 1. The Morgan fingerprint density at radius 3 is 2.50 bits per heavy atom. The predicted molar refractivity (Wildman–Crippen MR) is 117 cm³/mol. The molecule has 1 saturated heterocycles. The van der Waals surface area contributed by atoms with Gasteiger partial charge in [0.2, 0.25) is 15.9 Å². The summed E-state index contributed by atoms with van der Waals surface area (Å²) in [5.41, 5.74) is 3.51. The number of hydrogen-bond acceptors (Lipinski definition) is 4. The molecular formula is C23H19ClN2O3S. The van der Waals surface area contributed by atoms with Crippen LogP contribution in [0.1, 0.15) is 24.8 Å². The van der Waals surface area contributed by atoms with Gasteiger partial charge in [-0.1, -0.05) is 48.0 Å². The molecule has 0 unspecified atom stereocenters. The van der Waals surface area contributed by atoms with E-state index in [4.69, 9.17) is 16.0 Å². The Labute approximate surface area is 180 Å². The first-order chi connectivity index (χ1) is 14.5. The molecule has 0 amide bonds. The highest BCUT2D eigenvalue weighted by atomic mass is 35.5. The monoisotopic (exact) mass is 438 g/mol. The summed E-state index contributed by atoms with van der Waals surface area (Å²) in [7, 11) is -3.67. The number of oxazole rings is 1. The maximum Gasteiger partial charge on any atom is 0.243 e. The lowest BCUT2D eigenvalue weighted by Crippen LogP contribution is -2.30. The number of fused-ring (bicyclic) bond motifs is 1. The van der Waals surface area contributed by atoms with Gasteiger partial charge in [0, 0.05) is 11.6 Å². The van der Waals surface area contributed by atoms with E-state index in [1.807, 2.05) is 48.5 Å². The van der Waals surface area contributed by atoms with E-state index < -0.39 is 16.1 Å². The maximum atomic E-state index is 13.2. The molecule has 152 valence electrons. The van der Waals surface area contributed by atoms with E-state index in [2.05, 4.69) is 4.98 Å². The van der Waals surface area contributed by atoms with Gasteiger partial charge in [-0.05, 0) is 60.4 Å². The Morgan fingerprint density at radius 1 is 0.967 bits per heavy atom. The summed E-state index contributed by atoms with van der Waals surface area (Å²) in [6.07, 6.45) is 1.43. The molecular weight excluding hydrogens is 420 g/mol. The van der Waals surface area contributed by atoms with Crippen LogP contribution in [-0.4, -0.2) is 24.3 Å². The van der Waals surface area contributed by atoms with Gasteiger partial charge in [0.1, 0.15) is 11.6 Å². The Balaban J connectivity index is 1.50. The van der Waals surface area contributed by atoms with Gasteiger partial charge in [-0.3, -0.25) is 0 Å². The van der Waals surface area contributed by atoms with Crippen LogP contribution < -0.4 is 0 Å². The highest BCUT2D eigenvalue weighted by molar-refractivity contribution is 7.89. The molecule has 5 rings (SSSR count). The van der Waals surface area contributed by atoms with Crippen molar-refractivity contribution in [2.24, 2.45) is 0 Å². The first-order valence-corrected chi connectivity index (χ1v) is 11.6. The molecule has 1 aliphatic heterocycles. The zero-order chi connectivity index (χ0) is 20.7. The highest BCUT2D eigenvalue weighted by Gasteiger charge is 2.39. The Kier molecular flexibility index (Phi) is 4.85. The second-order valence-electron chi connectivity index (χ2n) is 7.33. The molecule has 1 aliphatic rings. The van der Waals surface area contributed by atoms with Gasteiger partial charge in [-0.25, -0.2) is 13.4 Å². The van der Waals surface area contributed by atoms with Crippen molar-refractivity contribution in [3.05, 3.63) is 83.7 Å². The number of hydrogen-bond donors (Lipinski definition) is 0. The molecule has 0 saturated carbocycles. The summed E-state index contributed by atoms with van der Waals surface area (Å²) in [5, 5.41) is 0.500. The lowest BCUT2D eigenvalue weighted by molar-refractivity contribution is 0.337. The van der Waals surface area contributed by atoms with E-state index in [1.54, 1.807) is 12.1 Å². The number of benzene rings is 3. The third-order valence-corrected chi connectivity index (χ3v) is 7.59. The van der Waals surface area contributed by atoms with Crippen LogP contribution in [0.15, 0.2) is 82.1 Å². The smallest absolute Gasteiger partial charge is 0.243 e. The third kappa shape index (κ3) is 3.41. The molecule has 30 heavy (non-hydrogen) atoms. The first-order valence-electron chi connectivity index (χ1n) is 9.76. The number of sulfonamides is 1. The van der Waals surface area contributed by atoms with Crippen LogP contribution in [0.2, 0.25) is 5.02 Å². The molecule has 0 radical (unpaired) electrons. The zero-order valence-electron chi connectivity index (χ0n) is 16.0. The van der Waals surface area contributed by atoms with Crippen LogP contribution >= 0.6 is 11.6 Å². The van der Waals surface area contributed by atoms with Crippen LogP contribution in [0, 0.1) is 0 Å². The van der Waals surface area contributed by atoms with E-state index >= 15 is 0 Å². The van der Waals surface area contributed by atoms with Crippen molar-refractivity contribution in [3.8, 4) is 11.1 Å². The van der Waals surface area contributed by atoms with Gasteiger partial charge in [-0.2, -0.15) is 4.31 Å². The predicted octanol–water partition coefficient (Wildman–Crippen LogP) is 5.67. The standard InChI is InChI=1S/C23H19ClN2O3S/c24-18-9-11-19(12-10-18)30(27,28)26-14-4-7-21(26)23-25-20-15-17(8-13-22(20)29-23)16-5-2-1-3-6-16/h1-3,5-6,8-13,15,21H,4,7,14H2/t21-/m1/s1. The van der Waals surface area contributed by atoms with Crippen molar-refractivity contribution in [3.63, 3.8) is 0 Å². The maximum absolute atomic E-state index is 13.2. The summed E-state index contributed by atoms with van der Waals surface area (Å²) < 4.78 is 33.9. The van der Waals surface area contributed by atoms with Gasteiger partial charge >= 0.3 is 0 Å². The summed E-state index contributed by atoms with van der Waals surface area (Å²) in [6.45, 7) is 0.434. The fraction of sp³-hybridized carbons (Fsp3) is 0.174. The molecule has 0 N–H and O–H groups in total. The zero-order valence-corrected chi connectivity index (χ0v) is 17.6. The molecule has 2 heterocycles. The Morgan fingerprint density at radius 2 is 1.73 bits per heavy atom. The molecule has 0 spiro atoms. The molecule has 0 aliphatic carbocycles. The van der Waals surface area contributed by atoms with Gasteiger partial charge in [0.25, 0.3) is 0 Å². The summed E-state index contributed by atoms with van der Waals surface area (Å²) in [4.78, 5) is 4.88. The largest absolute Gasteiger partial charge is 0.439 e. The Hall–Kier alpha value is -2.67. The van der Waals surface area contributed by atoms with Gasteiger partial charge in [-0.15, -0.1) is 0 Å². The van der Waals surface area contributed by atoms with E-state index in [0.29, 0.717) is 29.5 Å². The van der Waals surface area contributed by atoms with Crippen LogP contribution in [0.3, 0.4) is 0 Å². The molecule has 7 heteroatoms. The molecule has 3 aromatic carbocycles. The molecule has 1 atom stereocenters. The second-order valence-corrected chi connectivity index (χ2v) is 9.66. The van der Waals surface area contributed by atoms with Crippen LogP contribution in [0.25, 0.3) is 22.2 Å². The van der Waals surface area contributed by atoms with Crippen molar-refractivity contribution in [1.29, 1.82) is 0 Å². The van der Waals surface area contributed by atoms with Crippen LogP contribution in [0.4, 0.5) is 0 Å². The minimum atomic E-state index is -3.67. The summed E-state index contributed by atoms with van der Waals surface area (Å²) in [5.74, 6) is 0.435. The van der Waals surface area contributed by atoms with E-state index in [1.165, 1.54) is 16.4 Å². The fourth-order valence-corrected chi connectivity index (χ4v) is 5.69. The first kappa shape index (κ1) is 19.3. The molecule has 1 fully saturated rings. The number of halogens is 1. The fourth-order valence-electron chi connectivity index (χ4n) is 3.91. The van der Waals surface area contributed by atoms with Crippen molar-refractivity contribution in [2.75, 3.05) is 6.54 Å². The molecule has 0 bridgehead atoms. The van der Waals surface area contributed by atoms with E-state index in [-0.39, 0.29) is 4.90 Å². The Bertz CT molecular complexity index is 1300. The van der Waals surface area contributed by atoms with Gasteiger partial charge in [0.15, 0.2) is 5.58 Å². The minimum absolute atomic E-state index is 0.223. The van der Waals surface area contributed by atoms with Crippen molar-refractivity contribution >= 4 is 32.7 Å². The number of nitrogens with zero attached hydrogens (tertiary/aromatic N) is 2. The SMILES string of the molecule is O=S(=O)(c1ccc(Cl)cc1)N1CCC[C@@H]1c1nc2cc(-c3ccccc3)ccc2o1. The van der Waals surface area contributed by atoms with Crippen molar-refractivity contribution in [2.45, 2.75) is 23.8 Å². The quantitative estimate of drug-likeness (QED) is 0.411. The molecule has 5 nitrogen and oxygen atoms in total. The number of rotatable bonds is 4. The highest BCUT2D eigenvalue weighted by Crippen LogP contribution is 2.38. The third-order valence-electron chi connectivity index (χ3n) is 5.42. The average Bonchev–Trinajstić information content (AvgIpc) is 3.41. The lowest BCUT2D eigenvalue weighted by atomic mass is 10.1. The average molecular weight is 439 g/mol. The molecule has 4 aromatic rings. The summed E-state index contributed by atoms with van der Waals surface area (Å²) >= 11 is 5.91. The van der Waals surface area contributed by atoms with E-state index in [0.717, 1.165) is 23.1 Å². The van der Waals surface area contributed by atoms with Crippen LogP contribution in [0.5, 0.6) is 0 Å². The summed E-state index contributed by atoms with van der Waals surface area (Å²) in [6, 6.07) is 21.7. The van der Waals surface area contributed by atoms with Crippen molar-refractivity contribution in [1.82, 2.24) is 9.29 Å². The second kappa shape index (κ2) is 7.54. The van der Waals surface area contributed by atoms with Gasteiger partial charge < -0.3 is 4.42 Å².